The van der Waals surface area contributed by atoms with Crippen molar-refractivity contribution >= 4 is 23.2 Å². The van der Waals surface area contributed by atoms with Crippen molar-refractivity contribution in [2.75, 3.05) is 17.7 Å². The summed E-state index contributed by atoms with van der Waals surface area (Å²) in [4.78, 5) is 23.8. The van der Waals surface area contributed by atoms with Crippen LogP contribution in [-0.4, -0.2) is 18.9 Å². The van der Waals surface area contributed by atoms with Crippen LogP contribution in [0.15, 0.2) is 36.4 Å². The van der Waals surface area contributed by atoms with E-state index < -0.39 is 0 Å². The Hall–Kier alpha value is -2.82. The fourth-order valence-corrected chi connectivity index (χ4v) is 2.23. The molecule has 2 rings (SSSR count). The van der Waals surface area contributed by atoms with Gasteiger partial charge in [0, 0.05) is 18.3 Å². The minimum atomic E-state index is -0.289. The van der Waals surface area contributed by atoms with E-state index in [2.05, 4.69) is 10.6 Å². The molecule has 2 N–H and O–H groups in total. The summed E-state index contributed by atoms with van der Waals surface area (Å²) in [5, 5.41) is 5.55. The molecule has 5 heteroatoms. The number of hydrogen-bond donors (Lipinski definition) is 2. The molecule has 0 aliphatic carbocycles. The smallest absolute Gasteiger partial charge is 0.259 e. The molecular formula is C18H20N2O3. The van der Waals surface area contributed by atoms with Crippen LogP contribution in [0, 0.1) is 13.8 Å². The van der Waals surface area contributed by atoms with E-state index >= 15 is 0 Å². The van der Waals surface area contributed by atoms with Crippen LogP contribution in [-0.2, 0) is 4.79 Å². The van der Waals surface area contributed by atoms with Gasteiger partial charge in [-0.1, -0.05) is 12.1 Å². The van der Waals surface area contributed by atoms with Gasteiger partial charge in [0.1, 0.15) is 5.75 Å². The zero-order chi connectivity index (χ0) is 17.0. The molecular weight excluding hydrogens is 292 g/mol. The van der Waals surface area contributed by atoms with Crippen molar-refractivity contribution in [3.05, 3.63) is 53.1 Å². The van der Waals surface area contributed by atoms with E-state index in [1.54, 1.807) is 18.2 Å². The average Bonchev–Trinajstić information content (AvgIpc) is 2.50. The maximum Gasteiger partial charge on any atom is 0.259 e. The van der Waals surface area contributed by atoms with Crippen LogP contribution >= 0.6 is 0 Å². The summed E-state index contributed by atoms with van der Waals surface area (Å²) >= 11 is 0. The number of rotatable bonds is 4. The first-order valence-electron chi connectivity index (χ1n) is 7.25. The van der Waals surface area contributed by atoms with E-state index in [-0.39, 0.29) is 11.8 Å². The van der Waals surface area contributed by atoms with Gasteiger partial charge in [0.05, 0.1) is 12.7 Å². The highest BCUT2D eigenvalue weighted by Gasteiger charge is 2.15. The molecule has 0 aliphatic heterocycles. The second kappa shape index (κ2) is 6.96. The molecule has 2 aromatic carbocycles. The molecule has 0 fully saturated rings. The van der Waals surface area contributed by atoms with Gasteiger partial charge in [0.2, 0.25) is 5.91 Å². The molecule has 2 aromatic rings. The number of hydrogen-bond acceptors (Lipinski definition) is 3. The fraction of sp³-hybridized carbons (Fsp3) is 0.222. The van der Waals surface area contributed by atoms with Gasteiger partial charge in [-0.3, -0.25) is 9.59 Å². The molecule has 0 saturated carbocycles. The minimum Gasteiger partial charge on any atom is -0.496 e. The fourth-order valence-electron chi connectivity index (χ4n) is 2.23. The zero-order valence-electron chi connectivity index (χ0n) is 13.7. The highest BCUT2D eigenvalue weighted by molar-refractivity contribution is 6.07. The number of amides is 2. The summed E-state index contributed by atoms with van der Waals surface area (Å²) in [5.41, 5.74) is 3.69. The molecule has 0 unspecified atom stereocenters. The van der Waals surface area contributed by atoms with E-state index in [1.165, 1.54) is 14.0 Å². The lowest BCUT2D eigenvalue weighted by molar-refractivity contribution is -0.114. The Morgan fingerprint density at radius 1 is 1.00 bits per heavy atom. The number of carbonyl (C=O) groups excluding carboxylic acids is 2. The van der Waals surface area contributed by atoms with Crippen molar-refractivity contribution in [1.82, 2.24) is 0 Å². The number of anilines is 2. The molecule has 0 aromatic heterocycles. The summed E-state index contributed by atoms with van der Waals surface area (Å²) in [7, 11) is 1.50. The molecule has 0 saturated heterocycles. The van der Waals surface area contributed by atoms with Crippen molar-refractivity contribution < 1.29 is 14.3 Å². The molecule has 0 bridgehead atoms. The van der Waals surface area contributed by atoms with Crippen LogP contribution in [0.25, 0.3) is 0 Å². The van der Waals surface area contributed by atoms with Gasteiger partial charge >= 0.3 is 0 Å². The highest BCUT2D eigenvalue weighted by Crippen LogP contribution is 2.25. The largest absolute Gasteiger partial charge is 0.496 e. The average molecular weight is 312 g/mol. The van der Waals surface area contributed by atoms with Crippen LogP contribution in [0.1, 0.15) is 28.4 Å². The van der Waals surface area contributed by atoms with Crippen molar-refractivity contribution in [2.24, 2.45) is 0 Å². The molecule has 0 heterocycles. The molecule has 0 atom stereocenters. The normalized spacial score (nSPS) is 10.1. The lowest BCUT2D eigenvalue weighted by atomic mass is 10.1. The van der Waals surface area contributed by atoms with E-state index in [0.29, 0.717) is 17.0 Å². The maximum absolute atomic E-state index is 12.6. The minimum absolute atomic E-state index is 0.198. The van der Waals surface area contributed by atoms with E-state index in [4.69, 9.17) is 4.74 Å². The Balaban J connectivity index is 2.33. The third kappa shape index (κ3) is 4.10. The third-order valence-electron chi connectivity index (χ3n) is 3.41. The van der Waals surface area contributed by atoms with Crippen LogP contribution in [0.2, 0.25) is 0 Å². The number of aryl methyl sites for hydroxylation is 2. The molecule has 0 radical (unpaired) electrons. The summed E-state index contributed by atoms with van der Waals surface area (Å²) in [6, 6.07) is 10.8. The van der Waals surface area contributed by atoms with E-state index in [1.807, 2.05) is 32.0 Å². The van der Waals surface area contributed by atoms with Gasteiger partial charge < -0.3 is 15.4 Å². The second-order valence-electron chi connectivity index (χ2n) is 5.37. The Kier molecular flexibility index (Phi) is 5.01. The Morgan fingerprint density at radius 3 is 2.39 bits per heavy atom. The topological polar surface area (TPSA) is 67.4 Å². The highest BCUT2D eigenvalue weighted by atomic mass is 16.5. The van der Waals surface area contributed by atoms with Crippen LogP contribution in [0.5, 0.6) is 5.75 Å². The predicted octanol–water partition coefficient (Wildman–Crippen LogP) is 3.52. The van der Waals surface area contributed by atoms with Gasteiger partial charge in [-0.25, -0.2) is 0 Å². The van der Waals surface area contributed by atoms with Crippen molar-refractivity contribution in [2.45, 2.75) is 20.8 Å². The number of ether oxygens (including phenoxy) is 1. The number of benzene rings is 2. The van der Waals surface area contributed by atoms with Gasteiger partial charge in [-0.2, -0.15) is 0 Å². The van der Waals surface area contributed by atoms with Crippen LogP contribution < -0.4 is 15.4 Å². The summed E-state index contributed by atoms with van der Waals surface area (Å²) in [5.74, 6) is -0.0410. The first-order chi connectivity index (χ1) is 10.9. The predicted molar refractivity (Wildman–Crippen MR) is 91.2 cm³/mol. The zero-order valence-corrected chi connectivity index (χ0v) is 13.7. The quantitative estimate of drug-likeness (QED) is 0.907. The van der Waals surface area contributed by atoms with Crippen molar-refractivity contribution in [3.63, 3.8) is 0 Å². The molecule has 5 nitrogen and oxygen atoms in total. The molecule has 0 aliphatic rings. The third-order valence-corrected chi connectivity index (χ3v) is 3.41. The summed E-state index contributed by atoms with van der Waals surface area (Å²) in [6.45, 7) is 5.31. The molecule has 0 spiro atoms. The first kappa shape index (κ1) is 16.5. The SMILES string of the molecule is COc1ccc(NC(C)=O)cc1C(=O)Nc1cc(C)ccc1C. The van der Waals surface area contributed by atoms with E-state index in [9.17, 15) is 9.59 Å². The van der Waals surface area contributed by atoms with Gasteiger partial charge in [-0.15, -0.1) is 0 Å². The lowest BCUT2D eigenvalue weighted by Gasteiger charge is -2.13. The lowest BCUT2D eigenvalue weighted by Crippen LogP contribution is -2.15. The standard InChI is InChI=1S/C18H20N2O3/c1-11-5-6-12(2)16(9-11)20-18(22)15-10-14(19-13(3)21)7-8-17(15)23-4/h5-10H,1-4H3,(H,19,21)(H,20,22). The summed E-state index contributed by atoms with van der Waals surface area (Å²) in [6.07, 6.45) is 0. The van der Waals surface area contributed by atoms with Crippen molar-refractivity contribution in [3.8, 4) is 5.75 Å². The molecule has 2 amide bonds. The number of carbonyl (C=O) groups is 2. The summed E-state index contributed by atoms with van der Waals surface area (Å²) < 4.78 is 5.24. The molecule has 120 valence electrons. The van der Waals surface area contributed by atoms with Gasteiger partial charge in [0.25, 0.3) is 5.91 Å². The number of methoxy groups -OCH3 is 1. The Bertz CT molecular complexity index is 754. The maximum atomic E-state index is 12.6. The van der Waals surface area contributed by atoms with Crippen LogP contribution in [0.4, 0.5) is 11.4 Å². The monoisotopic (exact) mass is 312 g/mol. The first-order valence-corrected chi connectivity index (χ1v) is 7.25. The van der Waals surface area contributed by atoms with Crippen LogP contribution in [0.3, 0.4) is 0 Å². The second-order valence-corrected chi connectivity index (χ2v) is 5.37. The molecule has 23 heavy (non-hydrogen) atoms. The number of nitrogens with one attached hydrogen (secondary N) is 2. The van der Waals surface area contributed by atoms with E-state index in [0.717, 1.165) is 16.8 Å². The van der Waals surface area contributed by atoms with Gasteiger partial charge in [-0.05, 0) is 49.2 Å². The van der Waals surface area contributed by atoms with Crippen molar-refractivity contribution in [1.29, 1.82) is 0 Å². The van der Waals surface area contributed by atoms with Gasteiger partial charge in [0.15, 0.2) is 0 Å². The Morgan fingerprint density at radius 2 is 1.74 bits per heavy atom. The Labute approximate surface area is 135 Å².